The Morgan fingerprint density at radius 1 is 1.00 bits per heavy atom. The van der Waals surface area contributed by atoms with Crippen LogP contribution < -0.4 is 10.6 Å². The molecule has 2 N–H and O–H groups in total. The average molecular weight is 390 g/mol. The van der Waals surface area contributed by atoms with Crippen LogP contribution in [0.1, 0.15) is 16.1 Å². The minimum atomic E-state index is -0.323. The third kappa shape index (κ3) is 4.50. The second-order valence-electron chi connectivity index (χ2n) is 5.46. The van der Waals surface area contributed by atoms with Crippen molar-refractivity contribution in [3.63, 3.8) is 0 Å². The van der Waals surface area contributed by atoms with Crippen LogP contribution in [0.2, 0.25) is 10.0 Å². The number of halogens is 3. The third-order valence-corrected chi connectivity index (χ3v) is 4.22. The molecule has 0 spiro atoms. The SMILES string of the molecule is O=C(NCc1ccc(F)cc1)c1ccc(Nc2c(Cl)cccc2Cl)cn1. The predicted molar refractivity (Wildman–Crippen MR) is 102 cm³/mol. The summed E-state index contributed by atoms with van der Waals surface area (Å²) in [6.07, 6.45) is 1.52. The number of amides is 1. The molecule has 132 valence electrons. The van der Waals surface area contributed by atoms with Crippen molar-refractivity contribution in [3.8, 4) is 0 Å². The van der Waals surface area contributed by atoms with Crippen molar-refractivity contribution in [2.75, 3.05) is 5.32 Å². The van der Waals surface area contributed by atoms with Gasteiger partial charge in [-0.3, -0.25) is 4.79 Å². The van der Waals surface area contributed by atoms with Crippen LogP contribution in [0.5, 0.6) is 0 Å². The van der Waals surface area contributed by atoms with Crippen molar-refractivity contribution in [1.29, 1.82) is 0 Å². The fourth-order valence-corrected chi connectivity index (χ4v) is 2.73. The highest BCUT2D eigenvalue weighted by Gasteiger charge is 2.09. The van der Waals surface area contributed by atoms with Gasteiger partial charge in [0.05, 0.1) is 27.6 Å². The molecule has 2 aromatic carbocycles. The minimum absolute atomic E-state index is 0.267. The average Bonchev–Trinajstić information content (AvgIpc) is 2.65. The number of hydrogen-bond acceptors (Lipinski definition) is 3. The Morgan fingerprint density at radius 3 is 2.31 bits per heavy atom. The molecule has 1 aromatic heterocycles. The number of carbonyl (C=O) groups is 1. The van der Waals surface area contributed by atoms with Crippen molar-refractivity contribution in [2.24, 2.45) is 0 Å². The van der Waals surface area contributed by atoms with E-state index in [1.807, 2.05) is 0 Å². The molecule has 7 heteroatoms. The normalized spacial score (nSPS) is 10.4. The predicted octanol–water partition coefficient (Wildman–Crippen LogP) is 5.20. The molecule has 3 rings (SSSR count). The minimum Gasteiger partial charge on any atom is -0.352 e. The first-order chi connectivity index (χ1) is 12.5. The fraction of sp³-hybridized carbons (Fsp3) is 0.0526. The number of anilines is 2. The van der Waals surface area contributed by atoms with E-state index in [2.05, 4.69) is 15.6 Å². The summed E-state index contributed by atoms with van der Waals surface area (Å²) in [6, 6.07) is 14.4. The molecule has 26 heavy (non-hydrogen) atoms. The number of rotatable bonds is 5. The second-order valence-corrected chi connectivity index (χ2v) is 6.28. The number of para-hydroxylation sites is 1. The van der Waals surface area contributed by atoms with Gasteiger partial charge in [-0.15, -0.1) is 0 Å². The molecule has 0 aliphatic heterocycles. The lowest BCUT2D eigenvalue weighted by Crippen LogP contribution is -2.23. The summed E-state index contributed by atoms with van der Waals surface area (Å²) in [6.45, 7) is 0.288. The Kier molecular flexibility index (Phi) is 5.71. The summed E-state index contributed by atoms with van der Waals surface area (Å²) in [4.78, 5) is 16.3. The molecule has 0 aliphatic carbocycles. The van der Waals surface area contributed by atoms with E-state index in [-0.39, 0.29) is 24.0 Å². The number of carbonyl (C=O) groups excluding carboxylic acids is 1. The van der Waals surface area contributed by atoms with Gasteiger partial charge in [-0.2, -0.15) is 0 Å². The van der Waals surface area contributed by atoms with Crippen LogP contribution in [0, 0.1) is 5.82 Å². The van der Waals surface area contributed by atoms with Crippen LogP contribution in [0.3, 0.4) is 0 Å². The van der Waals surface area contributed by atoms with E-state index in [9.17, 15) is 9.18 Å². The molecule has 1 amide bonds. The summed E-state index contributed by atoms with van der Waals surface area (Å²) in [5.74, 6) is -0.639. The van der Waals surface area contributed by atoms with Gasteiger partial charge in [0.25, 0.3) is 5.91 Å². The van der Waals surface area contributed by atoms with Crippen molar-refractivity contribution >= 4 is 40.5 Å². The van der Waals surface area contributed by atoms with E-state index >= 15 is 0 Å². The highest BCUT2D eigenvalue weighted by atomic mass is 35.5. The molecule has 0 saturated carbocycles. The Bertz CT molecular complexity index is 895. The van der Waals surface area contributed by atoms with E-state index in [4.69, 9.17) is 23.2 Å². The second kappa shape index (κ2) is 8.17. The smallest absolute Gasteiger partial charge is 0.270 e. The maximum atomic E-state index is 12.9. The molecular weight excluding hydrogens is 376 g/mol. The molecule has 0 saturated heterocycles. The Morgan fingerprint density at radius 2 is 1.69 bits per heavy atom. The highest BCUT2D eigenvalue weighted by molar-refractivity contribution is 6.39. The van der Waals surface area contributed by atoms with Crippen molar-refractivity contribution < 1.29 is 9.18 Å². The number of aromatic nitrogens is 1. The molecule has 0 bridgehead atoms. The number of nitrogens with one attached hydrogen (secondary N) is 2. The van der Waals surface area contributed by atoms with Gasteiger partial charge in [-0.05, 0) is 42.0 Å². The largest absolute Gasteiger partial charge is 0.352 e. The molecular formula is C19H14Cl2FN3O. The standard InChI is InChI=1S/C19H14Cl2FN3O/c20-15-2-1-3-16(21)18(15)25-14-8-9-17(23-11-14)19(26)24-10-12-4-6-13(22)7-5-12/h1-9,11,25H,10H2,(H,24,26). The molecule has 0 unspecified atom stereocenters. The van der Waals surface area contributed by atoms with E-state index in [1.54, 1.807) is 42.5 Å². The first-order valence-corrected chi connectivity index (χ1v) is 8.48. The van der Waals surface area contributed by atoms with Crippen molar-refractivity contribution in [3.05, 3.63) is 87.9 Å². The highest BCUT2D eigenvalue weighted by Crippen LogP contribution is 2.32. The van der Waals surface area contributed by atoms with Gasteiger partial charge in [0.1, 0.15) is 11.5 Å². The molecule has 0 atom stereocenters. The summed E-state index contributed by atoms with van der Waals surface area (Å²) >= 11 is 12.2. The van der Waals surface area contributed by atoms with Crippen LogP contribution >= 0.6 is 23.2 Å². The maximum Gasteiger partial charge on any atom is 0.270 e. The van der Waals surface area contributed by atoms with Crippen LogP contribution in [0.4, 0.5) is 15.8 Å². The van der Waals surface area contributed by atoms with Crippen LogP contribution in [-0.4, -0.2) is 10.9 Å². The van der Waals surface area contributed by atoms with E-state index in [0.717, 1.165) is 5.56 Å². The van der Waals surface area contributed by atoms with Gasteiger partial charge < -0.3 is 10.6 Å². The van der Waals surface area contributed by atoms with Gasteiger partial charge in [-0.1, -0.05) is 41.4 Å². The van der Waals surface area contributed by atoms with Gasteiger partial charge in [0, 0.05) is 6.54 Å². The topological polar surface area (TPSA) is 54.0 Å². The lowest BCUT2D eigenvalue weighted by atomic mass is 10.2. The molecule has 0 radical (unpaired) electrons. The molecule has 0 fully saturated rings. The zero-order chi connectivity index (χ0) is 18.5. The Balaban J connectivity index is 1.63. The van der Waals surface area contributed by atoms with Gasteiger partial charge in [0.2, 0.25) is 0 Å². The number of hydrogen-bond donors (Lipinski definition) is 2. The fourth-order valence-electron chi connectivity index (χ4n) is 2.24. The number of nitrogens with zero attached hydrogens (tertiary/aromatic N) is 1. The molecule has 0 aliphatic rings. The molecule has 4 nitrogen and oxygen atoms in total. The maximum absolute atomic E-state index is 12.9. The molecule has 1 heterocycles. The first kappa shape index (κ1) is 18.2. The van der Waals surface area contributed by atoms with E-state index in [1.165, 1.54) is 18.3 Å². The Hall–Kier alpha value is -2.63. The van der Waals surface area contributed by atoms with Gasteiger partial charge in [-0.25, -0.2) is 9.37 Å². The monoisotopic (exact) mass is 389 g/mol. The summed E-state index contributed by atoms with van der Waals surface area (Å²) < 4.78 is 12.9. The lowest BCUT2D eigenvalue weighted by Gasteiger charge is -2.10. The van der Waals surface area contributed by atoms with E-state index < -0.39 is 0 Å². The van der Waals surface area contributed by atoms with Crippen molar-refractivity contribution in [1.82, 2.24) is 10.3 Å². The summed E-state index contributed by atoms with van der Waals surface area (Å²) in [5.41, 5.74) is 2.29. The van der Waals surface area contributed by atoms with Crippen LogP contribution in [-0.2, 0) is 6.54 Å². The van der Waals surface area contributed by atoms with Gasteiger partial charge in [0.15, 0.2) is 0 Å². The van der Waals surface area contributed by atoms with E-state index in [0.29, 0.717) is 21.4 Å². The summed E-state index contributed by atoms with van der Waals surface area (Å²) in [5, 5.41) is 6.78. The van der Waals surface area contributed by atoms with Crippen LogP contribution in [0.25, 0.3) is 0 Å². The van der Waals surface area contributed by atoms with Gasteiger partial charge >= 0.3 is 0 Å². The lowest BCUT2D eigenvalue weighted by molar-refractivity contribution is 0.0946. The summed E-state index contributed by atoms with van der Waals surface area (Å²) in [7, 11) is 0. The zero-order valence-electron chi connectivity index (χ0n) is 13.5. The number of benzene rings is 2. The quantitative estimate of drug-likeness (QED) is 0.630. The third-order valence-electron chi connectivity index (χ3n) is 3.59. The Labute approximate surface area is 160 Å². The molecule has 3 aromatic rings. The van der Waals surface area contributed by atoms with Crippen LogP contribution in [0.15, 0.2) is 60.8 Å². The van der Waals surface area contributed by atoms with Crippen molar-refractivity contribution in [2.45, 2.75) is 6.54 Å². The number of pyridine rings is 1. The first-order valence-electron chi connectivity index (χ1n) is 7.72. The zero-order valence-corrected chi connectivity index (χ0v) is 15.0.